The zero-order valence-corrected chi connectivity index (χ0v) is 13.3. The molecule has 2 atom stereocenters. The van der Waals surface area contributed by atoms with E-state index in [1.807, 2.05) is 0 Å². The van der Waals surface area contributed by atoms with Gasteiger partial charge in [0.15, 0.2) is 6.61 Å². The molecule has 0 radical (unpaired) electrons. The van der Waals surface area contributed by atoms with Gasteiger partial charge in [-0.1, -0.05) is 13.0 Å². The summed E-state index contributed by atoms with van der Waals surface area (Å²) in [5.74, 6) is -0.621. The van der Waals surface area contributed by atoms with Crippen molar-refractivity contribution in [2.24, 2.45) is 11.7 Å². The predicted octanol–water partition coefficient (Wildman–Crippen LogP) is 3.28. The second kappa shape index (κ2) is 8.24. The Morgan fingerprint density at radius 3 is 2.45 bits per heavy atom. The largest absolute Gasteiger partial charge is 0.484 e. The SMILES string of the molecule is Cc1c(NC(=O)C(C)C(C)N)cccc1OCC(F)(F)F.Cl. The highest BCUT2D eigenvalue weighted by atomic mass is 35.5. The van der Waals surface area contributed by atoms with Crippen molar-refractivity contribution in [1.29, 1.82) is 0 Å². The van der Waals surface area contributed by atoms with Crippen LogP contribution in [0.25, 0.3) is 0 Å². The smallest absolute Gasteiger partial charge is 0.422 e. The van der Waals surface area contributed by atoms with E-state index in [2.05, 4.69) is 5.32 Å². The van der Waals surface area contributed by atoms with E-state index in [4.69, 9.17) is 10.5 Å². The van der Waals surface area contributed by atoms with Gasteiger partial charge in [-0.25, -0.2) is 0 Å². The molecule has 0 saturated heterocycles. The maximum Gasteiger partial charge on any atom is 0.422 e. The van der Waals surface area contributed by atoms with Crippen molar-refractivity contribution in [2.75, 3.05) is 11.9 Å². The van der Waals surface area contributed by atoms with Gasteiger partial charge in [0.1, 0.15) is 5.75 Å². The molecule has 0 aliphatic heterocycles. The van der Waals surface area contributed by atoms with Gasteiger partial charge in [-0.05, 0) is 26.0 Å². The van der Waals surface area contributed by atoms with Crippen LogP contribution in [0.4, 0.5) is 18.9 Å². The van der Waals surface area contributed by atoms with E-state index in [-0.39, 0.29) is 30.1 Å². The van der Waals surface area contributed by atoms with Gasteiger partial charge in [-0.15, -0.1) is 12.4 Å². The van der Waals surface area contributed by atoms with Gasteiger partial charge >= 0.3 is 6.18 Å². The number of carbonyl (C=O) groups excluding carboxylic acids is 1. The predicted molar refractivity (Wildman–Crippen MR) is 81.4 cm³/mol. The molecule has 0 fully saturated rings. The van der Waals surface area contributed by atoms with Gasteiger partial charge in [0.2, 0.25) is 5.91 Å². The first-order chi connectivity index (χ1) is 9.61. The topological polar surface area (TPSA) is 64.4 Å². The van der Waals surface area contributed by atoms with Crippen LogP contribution in [0, 0.1) is 12.8 Å². The zero-order chi connectivity index (χ0) is 16.2. The summed E-state index contributed by atoms with van der Waals surface area (Å²) in [4.78, 5) is 11.9. The Hall–Kier alpha value is -1.47. The van der Waals surface area contributed by atoms with Gasteiger partial charge in [0.25, 0.3) is 0 Å². The third-order valence-corrected chi connectivity index (χ3v) is 3.14. The maximum absolute atomic E-state index is 12.2. The van der Waals surface area contributed by atoms with Crippen LogP contribution in [-0.4, -0.2) is 24.7 Å². The summed E-state index contributed by atoms with van der Waals surface area (Å²) in [6, 6.07) is 4.22. The van der Waals surface area contributed by atoms with Gasteiger partial charge < -0.3 is 15.8 Å². The van der Waals surface area contributed by atoms with E-state index in [9.17, 15) is 18.0 Å². The molecule has 126 valence electrons. The minimum atomic E-state index is -4.41. The molecule has 0 bridgehead atoms. The van der Waals surface area contributed by atoms with Gasteiger partial charge in [-0.3, -0.25) is 4.79 Å². The standard InChI is InChI=1S/C14H19F3N2O2.ClH/c1-8(10(3)18)13(20)19-11-5-4-6-12(9(11)2)21-7-14(15,16)17;/h4-6,8,10H,7,18H2,1-3H3,(H,19,20);1H. The molecule has 4 nitrogen and oxygen atoms in total. The molecule has 0 aliphatic rings. The fraction of sp³-hybridized carbons (Fsp3) is 0.500. The minimum Gasteiger partial charge on any atom is -0.484 e. The second-order valence-electron chi connectivity index (χ2n) is 4.97. The minimum absolute atomic E-state index is 0. The number of ether oxygens (including phenoxy) is 1. The molecule has 1 rings (SSSR count). The van der Waals surface area contributed by atoms with Crippen molar-refractivity contribution in [3.8, 4) is 5.75 Å². The lowest BCUT2D eigenvalue weighted by molar-refractivity contribution is -0.153. The molecule has 0 heterocycles. The van der Waals surface area contributed by atoms with Gasteiger partial charge in [0, 0.05) is 17.3 Å². The van der Waals surface area contributed by atoms with Crippen molar-refractivity contribution < 1.29 is 22.7 Å². The van der Waals surface area contributed by atoms with Crippen LogP contribution in [0.3, 0.4) is 0 Å². The Bertz CT molecular complexity index is 507. The number of benzene rings is 1. The van der Waals surface area contributed by atoms with Crippen LogP contribution in [0.1, 0.15) is 19.4 Å². The number of nitrogens with one attached hydrogen (secondary N) is 1. The molecule has 8 heteroatoms. The number of carbonyl (C=O) groups is 1. The quantitative estimate of drug-likeness (QED) is 0.864. The molecule has 1 amide bonds. The van der Waals surface area contributed by atoms with E-state index in [1.165, 1.54) is 12.1 Å². The molecule has 3 N–H and O–H groups in total. The summed E-state index contributed by atoms with van der Waals surface area (Å²) in [6.45, 7) is 3.60. The average molecular weight is 341 g/mol. The van der Waals surface area contributed by atoms with E-state index in [0.717, 1.165) is 0 Å². The van der Waals surface area contributed by atoms with Crippen molar-refractivity contribution >= 4 is 24.0 Å². The van der Waals surface area contributed by atoms with E-state index >= 15 is 0 Å². The average Bonchev–Trinajstić information content (AvgIpc) is 2.37. The molecule has 0 spiro atoms. The highest BCUT2D eigenvalue weighted by Crippen LogP contribution is 2.27. The Labute approximate surface area is 133 Å². The monoisotopic (exact) mass is 340 g/mol. The highest BCUT2D eigenvalue weighted by molar-refractivity contribution is 5.93. The van der Waals surface area contributed by atoms with Gasteiger partial charge in [-0.2, -0.15) is 13.2 Å². The lowest BCUT2D eigenvalue weighted by atomic mass is 10.0. The molecule has 2 unspecified atom stereocenters. The van der Waals surface area contributed by atoms with Crippen molar-refractivity contribution in [3.63, 3.8) is 0 Å². The first-order valence-corrected chi connectivity index (χ1v) is 6.47. The molecule has 0 saturated carbocycles. The van der Waals surface area contributed by atoms with E-state index in [0.29, 0.717) is 11.3 Å². The number of alkyl halides is 3. The summed E-state index contributed by atoms with van der Waals surface area (Å²) in [7, 11) is 0. The number of amides is 1. The fourth-order valence-corrected chi connectivity index (χ4v) is 1.55. The number of anilines is 1. The normalized spacial score (nSPS) is 13.8. The lowest BCUT2D eigenvalue weighted by Crippen LogP contribution is -2.34. The summed E-state index contributed by atoms with van der Waals surface area (Å²) < 4.78 is 41.2. The zero-order valence-electron chi connectivity index (χ0n) is 12.5. The van der Waals surface area contributed by atoms with Crippen LogP contribution in [0.5, 0.6) is 5.75 Å². The molecule has 22 heavy (non-hydrogen) atoms. The van der Waals surface area contributed by atoms with E-state index in [1.54, 1.807) is 26.8 Å². The fourth-order valence-electron chi connectivity index (χ4n) is 1.55. The van der Waals surface area contributed by atoms with Crippen LogP contribution in [0.2, 0.25) is 0 Å². The molecule has 1 aromatic rings. The lowest BCUT2D eigenvalue weighted by Gasteiger charge is -2.18. The summed E-state index contributed by atoms with van der Waals surface area (Å²) >= 11 is 0. The third-order valence-electron chi connectivity index (χ3n) is 3.14. The Balaban J connectivity index is 0.00000441. The Kier molecular flexibility index (Phi) is 7.69. The van der Waals surface area contributed by atoms with Crippen molar-refractivity contribution in [1.82, 2.24) is 0 Å². The van der Waals surface area contributed by atoms with Crippen LogP contribution in [0.15, 0.2) is 18.2 Å². The number of hydrogen-bond donors (Lipinski definition) is 2. The Morgan fingerprint density at radius 2 is 1.95 bits per heavy atom. The summed E-state index contributed by atoms with van der Waals surface area (Å²) in [6.07, 6.45) is -4.41. The maximum atomic E-state index is 12.2. The molecular weight excluding hydrogens is 321 g/mol. The van der Waals surface area contributed by atoms with Crippen LogP contribution in [-0.2, 0) is 4.79 Å². The summed E-state index contributed by atoms with van der Waals surface area (Å²) in [5.41, 5.74) is 6.49. The summed E-state index contributed by atoms with van der Waals surface area (Å²) in [5, 5.41) is 2.65. The Morgan fingerprint density at radius 1 is 1.36 bits per heavy atom. The van der Waals surface area contributed by atoms with Crippen molar-refractivity contribution in [3.05, 3.63) is 23.8 Å². The molecule has 0 aromatic heterocycles. The second-order valence-corrected chi connectivity index (χ2v) is 4.97. The third kappa shape index (κ3) is 6.11. The number of nitrogens with two attached hydrogens (primary N) is 1. The highest BCUT2D eigenvalue weighted by Gasteiger charge is 2.29. The van der Waals surface area contributed by atoms with Crippen molar-refractivity contribution in [2.45, 2.75) is 33.0 Å². The first-order valence-electron chi connectivity index (χ1n) is 6.47. The molecule has 0 aliphatic carbocycles. The number of hydrogen-bond acceptors (Lipinski definition) is 3. The van der Waals surface area contributed by atoms with E-state index < -0.39 is 18.7 Å². The van der Waals surface area contributed by atoms with Crippen LogP contribution >= 0.6 is 12.4 Å². The van der Waals surface area contributed by atoms with Gasteiger partial charge in [0.05, 0.1) is 5.92 Å². The molecule has 1 aromatic carbocycles. The molecular formula is C14H20ClF3N2O2. The number of halogens is 4. The van der Waals surface area contributed by atoms with Crippen LogP contribution < -0.4 is 15.8 Å². The number of rotatable bonds is 5. The first kappa shape index (κ1) is 20.5.